The van der Waals surface area contributed by atoms with Crippen molar-refractivity contribution >= 4 is 11.8 Å². The van der Waals surface area contributed by atoms with Gasteiger partial charge in [-0.3, -0.25) is 4.90 Å². The van der Waals surface area contributed by atoms with E-state index in [1.165, 1.54) is 43.7 Å². The van der Waals surface area contributed by atoms with Crippen LogP contribution in [-0.4, -0.2) is 36.0 Å². The summed E-state index contributed by atoms with van der Waals surface area (Å²) >= 11 is 1.97. The van der Waals surface area contributed by atoms with Crippen LogP contribution in [0.25, 0.3) is 0 Å². The summed E-state index contributed by atoms with van der Waals surface area (Å²) < 4.78 is 0. The van der Waals surface area contributed by atoms with Crippen LogP contribution in [0.3, 0.4) is 0 Å². The first kappa shape index (κ1) is 14.0. The van der Waals surface area contributed by atoms with Crippen molar-refractivity contribution in [3.63, 3.8) is 0 Å². The molecule has 1 fully saturated rings. The molecule has 2 heteroatoms. The minimum absolute atomic E-state index is 0.748. The number of rotatable bonds is 5. The van der Waals surface area contributed by atoms with Crippen LogP contribution in [0.1, 0.15) is 25.3 Å². The second kappa shape index (κ2) is 7.20. The van der Waals surface area contributed by atoms with Gasteiger partial charge in [-0.1, -0.05) is 30.3 Å². The third-order valence-electron chi connectivity index (χ3n) is 4.05. The average molecular weight is 263 g/mol. The van der Waals surface area contributed by atoms with Crippen LogP contribution < -0.4 is 0 Å². The largest absolute Gasteiger partial charge is 0.300 e. The van der Waals surface area contributed by atoms with Crippen molar-refractivity contribution in [3.05, 3.63) is 35.9 Å². The maximum Gasteiger partial charge on any atom is 0.0157 e. The van der Waals surface area contributed by atoms with E-state index >= 15 is 0 Å². The lowest BCUT2D eigenvalue weighted by atomic mass is 9.90. The molecule has 0 radical (unpaired) electrons. The molecular weight excluding hydrogens is 238 g/mol. The molecule has 2 rings (SSSR count). The van der Waals surface area contributed by atoms with Gasteiger partial charge in [-0.05, 0) is 57.0 Å². The molecule has 0 aliphatic carbocycles. The van der Waals surface area contributed by atoms with E-state index in [4.69, 9.17) is 0 Å². The summed E-state index contributed by atoms with van der Waals surface area (Å²) in [4.78, 5) is 2.66. The van der Waals surface area contributed by atoms with Gasteiger partial charge in [0.25, 0.3) is 0 Å². The van der Waals surface area contributed by atoms with Gasteiger partial charge in [0.15, 0.2) is 0 Å². The zero-order chi connectivity index (χ0) is 12.8. The first-order valence-electron chi connectivity index (χ1n) is 7.06. The normalized spacial score (nSPS) is 19.9. The molecule has 100 valence electrons. The van der Waals surface area contributed by atoms with Gasteiger partial charge < -0.3 is 0 Å². The minimum Gasteiger partial charge on any atom is -0.300 e. The van der Waals surface area contributed by atoms with Gasteiger partial charge in [0, 0.05) is 11.8 Å². The summed E-state index contributed by atoms with van der Waals surface area (Å²) in [6.07, 6.45) is 6.21. The lowest BCUT2D eigenvalue weighted by molar-refractivity contribution is 0.151. The second-order valence-corrected chi connectivity index (χ2v) is 6.38. The number of piperidine rings is 1. The topological polar surface area (TPSA) is 3.24 Å². The summed E-state index contributed by atoms with van der Waals surface area (Å²) in [6, 6.07) is 11.7. The van der Waals surface area contributed by atoms with E-state index in [0.717, 1.165) is 12.0 Å². The molecular formula is C16H25NS. The van der Waals surface area contributed by atoms with Crippen LogP contribution in [0.2, 0.25) is 0 Å². The van der Waals surface area contributed by atoms with Crippen molar-refractivity contribution < 1.29 is 0 Å². The molecule has 1 saturated heterocycles. The van der Waals surface area contributed by atoms with Crippen molar-refractivity contribution in [1.29, 1.82) is 0 Å². The summed E-state index contributed by atoms with van der Waals surface area (Å²) in [7, 11) is 0. The van der Waals surface area contributed by atoms with Crippen molar-refractivity contribution in [2.45, 2.75) is 32.2 Å². The first-order chi connectivity index (χ1) is 8.79. The summed E-state index contributed by atoms with van der Waals surface area (Å²) in [5.41, 5.74) is 1.51. The zero-order valence-electron chi connectivity index (χ0n) is 11.6. The van der Waals surface area contributed by atoms with E-state index in [1.54, 1.807) is 0 Å². The second-order valence-electron chi connectivity index (χ2n) is 5.47. The molecule has 18 heavy (non-hydrogen) atoms. The quantitative estimate of drug-likeness (QED) is 0.797. The summed E-state index contributed by atoms with van der Waals surface area (Å²) in [6.45, 7) is 4.95. The van der Waals surface area contributed by atoms with E-state index in [2.05, 4.69) is 48.4 Å². The maximum atomic E-state index is 2.66. The highest BCUT2D eigenvalue weighted by atomic mass is 32.2. The fourth-order valence-electron chi connectivity index (χ4n) is 2.89. The Morgan fingerprint density at radius 3 is 2.50 bits per heavy atom. The Kier molecular flexibility index (Phi) is 5.58. The van der Waals surface area contributed by atoms with E-state index in [1.807, 2.05) is 11.8 Å². The fraction of sp³-hybridized carbons (Fsp3) is 0.625. The highest BCUT2D eigenvalue weighted by Crippen LogP contribution is 2.23. The SMILES string of the molecule is CSC[C@H](C)N1CCC(Cc2ccccc2)CC1. The highest BCUT2D eigenvalue weighted by Gasteiger charge is 2.22. The Morgan fingerprint density at radius 1 is 1.22 bits per heavy atom. The van der Waals surface area contributed by atoms with Gasteiger partial charge in [0.1, 0.15) is 0 Å². The lowest BCUT2D eigenvalue weighted by Crippen LogP contribution is -2.41. The van der Waals surface area contributed by atoms with Gasteiger partial charge in [-0.25, -0.2) is 0 Å². The molecule has 1 aliphatic heterocycles. The molecule has 1 aliphatic rings. The third kappa shape index (κ3) is 4.03. The van der Waals surface area contributed by atoms with E-state index in [-0.39, 0.29) is 0 Å². The van der Waals surface area contributed by atoms with Crippen molar-refractivity contribution in [2.75, 3.05) is 25.1 Å². The predicted molar refractivity (Wildman–Crippen MR) is 82.3 cm³/mol. The number of hydrogen-bond donors (Lipinski definition) is 0. The molecule has 1 atom stereocenters. The molecule has 1 aromatic rings. The molecule has 1 aromatic carbocycles. The van der Waals surface area contributed by atoms with Gasteiger partial charge in [-0.15, -0.1) is 0 Å². The Hall–Kier alpha value is -0.470. The van der Waals surface area contributed by atoms with Gasteiger partial charge in [0.05, 0.1) is 0 Å². The number of nitrogens with zero attached hydrogens (tertiary/aromatic N) is 1. The Bertz CT molecular complexity index is 330. The molecule has 0 spiro atoms. The lowest BCUT2D eigenvalue weighted by Gasteiger charge is -2.36. The van der Waals surface area contributed by atoms with Crippen LogP contribution in [0.5, 0.6) is 0 Å². The average Bonchev–Trinajstić information content (AvgIpc) is 2.41. The smallest absolute Gasteiger partial charge is 0.0157 e. The summed E-state index contributed by atoms with van der Waals surface area (Å²) in [5, 5.41) is 0. The molecule has 1 nitrogen and oxygen atoms in total. The molecule has 0 aromatic heterocycles. The maximum absolute atomic E-state index is 2.66. The first-order valence-corrected chi connectivity index (χ1v) is 8.46. The monoisotopic (exact) mass is 263 g/mol. The van der Waals surface area contributed by atoms with Gasteiger partial charge >= 0.3 is 0 Å². The van der Waals surface area contributed by atoms with Crippen LogP contribution in [-0.2, 0) is 6.42 Å². The van der Waals surface area contributed by atoms with E-state index in [9.17, 15) is 0 Å². The van der Waals surface area contributed by atoms with Crippen molar-refractivity contribution in [1.82, 2.24) is 4.90 Å². The predicted octanol–water partition coefficient (Wildman–Crippen LogP) is 3.69. The number of hydrogen-bond acceptors (Lipinski definition) is 2. The third-order valence-corrected chi connectivity index (χ3v) is 4.86. The van der Waals surface area contributed by atoms with Crippen LogP contribution in [0.4, 0.5) is 0 Å². The molecule has 0 bridgehead atoms. The zero-order valence-corrected chi connectivity index (χ0v) is 12.5. The number of likely N-dealkylation sites (tertiary alicyclic amines) is 1. The van der Waals surface area contributed by atoms with Crippen molar-refractivity contribution in [2.24, 2.45) is 5.92 Å². The van der Waals surface area contributed by atoms with Crippen LogP contribution >= 0.6 is 11.8 Å². The molecule has 0 amide bonds. The molecule has 1 heterocycles. The van der Waals surface area contributed by atoms with Crippen LogP contribution in [0, 0.1) is 5.92 Å². The van der Waals surface area contributed by atoms with Crippen molar-refractivity contribution in [3.8, 4) is 0 Å². The molecule has 0 saturated carbocycles. The molecule has 0 N–H and O–H groups in total. The Labute approximate surface area is 116 Å². The standard InChI is InChI=1S/C16H25NS/c1-14(13-18-2)17-10-8-16(9-11-17)12-15-6-4-3-5-7-15/h3-7,14,16H,8-13H2,1-2H3/t14-/m0/s1. The Balaban J connectivity index is 1.77. The van der Waals surface area contributed by atoms with Gasteiger partial charge in [0.2, 0.25) is 0 Å². The Morgan fingerprint density at radius 2 is 1.89 bits per heavy atom. The number of thioether (sulfide) groups is 1. The van der Waals surface area contributed by atoms with E-state index in [0.29, 0.717) is 0 Å². The van der Waals surface area contributed by atoms with Crippen LogP contribution in [0.15, 0.2) is 30.3 Å². The summed E-state index contributed by atoms with van der Waals surface area (Å²) in [5.74, 6) is 2.16. The minimum atomic E-state index is 0.748. The number of benzene rings is 1. The van der Waals surface area contributed by atoms with Gasteiger partial charge in [-0.2, -0.15) is 11.8 Å². The van der Waals surface area contributed by atoms with E-state index < -0.39 is 0 Å². The fourth-order valence-corrected chi connectivity index (χ4v) is 3.59. The highest BCUT2D eigenvalue weighted by molar-refractivity contribution is 7.98. The molecule has 0 unspecified atom stereocenters.